The summed E-state index contributed by atoms with van der Waals surface area (Å²) in [6, 6.07) is 5.34. The van der Waals surface area contributed by atoms with E-state index in [1.165, 1.54) is 19.2 Å². The Bertz CT molecular complexity index is 480. The molecule has 0 saturated carbocycles. The molecule has 0 heterocycles. The van der Waals surface area contributed by atoms with Crippen molar-refractivity contribution in [2.24, 2.45) is 5.73 Å². The molecule has 0 aliphatic heterocycles. The van der Waals surface area contributed by atoms with Gasteiger partial charge in [-0.3, -0.25) is 14.4 Å². The topological polar surface area (TPSA) is 107 Å². The van der Waals surface area contributed by atoms with E-state index in [9.17, 15) is 14.4 Å². The average molecular weight is 265 g/mol. The van der Waals surface area contributed by atoms with E-state index < -0.39 is 18.0 Å². The molecule has 102 valence electrons. The van der Waals surface area contributed by atoms with Crippen LogP contribution in [0.1, 0.15) is 22.3 Å². The van der Waals surface area contributed by atoms with Crippen molar-refractivity contribution in [3.05, 3.63) is 35.4 Å². The predicted molar refractivity (Wildman–Crippen MR) is 66.7 cm³/mol. The molecule has 0 radical (unpaired) electrons. The fraction of sp³-hybridized carbons (Fsp3) is 0.308. The van der Waals surface area contributed by atoms with Crippen LogP contribution in [0.5, 0.6) is 0 Å². The predicted octanol–water partition coefficient (Wildman–Crippen LogP) is 0.387. The summed E-state index contributed by atoms with van der Waals surface area (Å²) in [4.78, 5) is 33.2. The number of methoxy groups -OCH3 is 1. The van der Waals surface area contributed by atoms with Crippen LogP contribution in [0.2, 0.25) is 0 Å². The number of carboxylic acid groups (broad SMARTS) is 1. The lowest BCUT2D eigenvalue weighted by atomic mass is 10.0. The molecule has 6 nitrogen and oxygen atoms in total. The van der Waals surface area contributed by atoms with Crippen molar-refractivity contribution in [1.82, 2.24) is 0 Å². The Hall–Kier alpha value is -2.21. The fourth-order valence-corrected chi connectivity index (χ4v) is 1.47. The maximum Gasteiger partial charge on any atom is 0.320 e. The van der Waals surface area contributed by atoms with Crippen molar-refractivity contribution < 1.29 is 24.2 Å². The zero-order valence-electron chi connectivity index (χ0n) is 10.5. The Kier molecular flexibility index (Phi) is 5.20. The normalized spacial score (nSPS) is 11.7. The van der Waals surface area contributed by atoms with Gasteiger partial charge in [-0.15, -0.1) is 0 Å². The Balaban J connectivity index is 2.68. The van der Waals surface area contributed by atoms with E-state index in [1.54, 1.807) is 12.1 Å². The van der Waals surface area contributed by atoms with Gasteiger partial charge in [0.05, 0.1) is 7.11 Å². The molecule has 1 aromatic carbocycles. The summed E-state index contributed by atoms with van der Waals surface area (Å²) in [6.45, 7) is 0. The first-order valence-corrected chi connectivity index (χ1v) is 5.61. The van der Waals surface area contributed by atoms with Crippen molar-refractivity contribution in [2.45, 2.75) is 18.9 Å². The van der Waals surface area contributed by atoms with Crippen LogP contribution in [0.25, 0.3) is 0 Å². The van der Waals surface area contributed by atoms with E-state index >= 15 is 0 Å². The van der Waals surface area contributed by atoms with E-state index in [4.69, 9.17) is 10.8 Å². The van der Waals surface area contributed by atoms with Crippen molar-refractivity contribution in [2.75, 3.05) is 7.11 Å². The van der Waals surface area contributed by atoms with Crippen LogP contribution in [-0.2, 0) is 20.7 Å². The molecule has 0 aliphatic rings. The highest BCUT2D eigenvalue weighted by Gasteiger charge is 2.14. The van der Waals surface area contributed by atoms with Crippen LogP contribution >= 0.6 is 0 Å². The van der Waals surface area contributed by atoms with E-state index in [-0.39, 0.29) is 18.6 Å². The number of ketones is 1. The van der Waals surface area contributed by atoms with Crippen molar-refractivity contribution in [3.8, 4) is 0 Å². The van der Waals surface area contributed by atoms with E-state index in [1.807, 2.05) is 0 Å². The summed E-state index contributed by atoms with van der Waals surface area (Å²) in [5.41, 5.74) is 6.49. The molecule has 0 saturated heterocycles. The molecule has 0 aliphatic carbocycles. The van der Waals surface area contributed by atoms with Crippen LogP contribution in [0.3, 0.4) is 0 Å². The quantitative estimate of drug-likeness (QED) is 0.437. The maximum absolute atomic E-state index is 11.6. The highest BCUT2D eigenvalue weighted by Crippen LogP contribution is 2.09. The number of benzene rings is 1. The second-order valence-electron chi connectivity index (χ2n) is 4.02. The van der Waals surface area contributed by atoms with Crippen molar-refractivity contribution in [1.29, 1.82) is 0 Å². The van der Waals surface area contributed by atoms with Gasteiger partial charge in [0.25, 0.3) is 0 Å². The largest absolute Gasteiger partial charge is 0.480 e. The molecule has 0 amide bonds. The minimum Gasteiger partial charge on any atom is -0.480 e. The number of carboxylic acids is 1. The van der Waals surface area contributed by atoms with Crippen LogP contribution in [-0.4, -0.2) is 36.0 Å². The first-order valence-electron chi connectivity index (χ1n) is 5.61. The number of nitrogens with two attached hydrogens (primary N) is 1. The zero-order chi connectivity index (χ0) is 14.4. The van der Waals surface area contributed by atoms with Crippen molar-refractivity contribution in [3.63, 3.8) is 0 Å². The monoisotopic (exact) mass is 265 g/mol. The summed E-state index contributed by atoms with van der Waals surface area (Å²) < 4.78 is 4.40. The lowest BCUT2D eigenvalue weighted by molar-refractivity contribution is -0.140. The van der Waals surface area contributed by atoms with Gasteiger partial charge in [-0.1, -0.05) is 24.3 Å². The third-order valence-corrected chi connectivity index (χ3v) is 2.58. The third kappa shape index (κ3) is 4.51. The molecule has 19 heavy (non-hydrogen) atoms. The average Bonchev–Trinajstić information content (AvgIpc) is 2.39. The Morgan fingerprint density at radius 3 is 2.32 bits per heavy atom. The first kappa shape index (κ1) is 14.8. The van der Waals surface area contributed by atoms with Gasteiger partial charge in [-0.25, -0.2) is 0 Å². The third-order valence-electron chi connectivity index (χ3n) is 2.58. The number of carbonyl (C=O) groups is 3. The summed E-state index contributed by atoms with van der Waals surface area (Å²) >= 11 is 0. The molecule has 1 unspecified atom stereocenters. The van der Waals surface area contributed by atoms with Gasteiger partial charge in [0.15, 0.2) is 5.78 Å². The molecule has 1 rings (SSSR count). The number of hydrogen-bond donors (Lipinski definition) is 2. The standard InChI is InChI=1S/C13H15NO5/c1-19-12(16)7-11(15)9-4-2-8(3-5-9)6-10(14)13(17)18/h2-5,10H,6-7,14H2,1H3,(H,17,18). The second-order valence-corrected chi connectivity index (χ2v) is 4.02. The Morgan fingerprint density at radius 1 is 1.26 bits per heavy atom. The summed E-state index contributed by atoms with van der Waals surface area (Å²) in [5, 5.41) is 8.68. The minimum atomic E-state index is -1.08. The maximum atomic E-state index is 11.6. The number of hydrogen-bond acceptors (Lipinski definition) is 5. The van der Waals surface area contributed by atoms with Crippen LogP contribution in [0.4, 0.5) is 0 Å². The Labute approximate surface area is 110 Å². The first-order chi connectivity index (χ1) is 8.93. The lowest BCUT2D eigenvalue weighted by Crippen LogP contribution is -2.32. The van der Waals surface area contributed by atoms with Gasteiger partial charge in [0, 0.05) is 5.56 Å². The SMILES string of the molecule is COC(=O)CC(=O)c1ccc(CC(N)C(=O)O)cc1. The van der Waals surface area contributed by atoms with Gasteiger partial charge in [0.1, 0.15) is 12.5 Å². The molecular formula is C13H15NO5. The molecule has 3 N–H and O–H groups in total. The molecule has 0 bridgehead atoms. The van der Waals surface area contributed by atoms with Crippen LogP contribution in [0, 0.1) is 0 Å². The summed E-state index contributed by atoms with van der Waals surface area (Å²) in [7, 11) is 1.21. The number of aliphatic carboxylic acids is 1. The number of ether oxygens (including phenoxy) is 1. The van der Waals surface area contributed by atoms with Crippen LogP contribution in [0.15, 0.2) is 24.3 Å². The Morgan fingerprint density at radius 2 is 1.84 bits per heavy atom. The summed E-state index contributed by atoms with van der Waals surface area (Å²) in [5.74, 6) is -2.02. The second kappa shape index (κ2) is 6.65. The number of carbonyl (C=O) groups excluding carboxylic acids is 2. The van der Waals surface area contributed by atoms with Crippen LogP contribution < -0.4 is 5.73 Å². The fourth-order valence-electron chi connectivity index (χ4n) is 1.47. The van der Waals surface area contributed by atoms with Crippen molar-refractivity contribution >= 4 is 17.7 Å². The highest BCUT2D eigenvalue weighted by atomic mass is 16.5. The van der Waals surface area contributed by atoms with Gasteiger partial charge >= 0.3 is 11.9 Å². The van der Waals surface area contributed by atoms with Gasteiger partial charge < -0.3 is 15.6 Å². The number of rotatable bonds is 6. The highest BCUT2D eigenvalue weighted by molar-refractivity contribution is 6.05. The van der Waals surface area contributed by atoms with E-state index in [0.717, 1.165) is 0 Å². The van der Waals surface area contributed by atoms with Gasteiger partial charge in [0.2, 0.25) is 0 Å². The minimum absolute atomic E-state index is 0.181. The molecule has 0 fully saturated rings. The van der Waals surface area contributed by atoms with Gasteiger partial charge in [-0.2, -0.15) is 0 Å². The molecule has 0 aromatic heterocycles. The van der Waals surface area contributed by atoms with E-state index in [0.29, 0.717) is 11.1 Å². The number of Topliss-reactive ketones (excluding diaryl/α,β-unsaturated/α-hetero) is 1. The molecule has 1 atom stereocenters. The summed E-state index contributed by atoms with van der Waals surface area (Å²) in [6.07, 6.45) is -0.134. The number of esters is 1. The lowest BCUT2D eigenvalue weighted by Gasteiger charge is -2.07. The van der Waals surface area contributed by atoms with E-state index in [2.05, 4.69) is 4.74 Å². The van der Waals surface area contributed by atoms with Gasteiger partial charge in [-0.05, 0) is 12.0 Å². The molecule has 6 heteroatoms. The smallest absolute Gasteiger partial charge is 0.320 e. The zero-order valence-corrected chi connectivity index (χ0v) is 10.5. The molecule has 0 spiro atoms. The molecule has 1 aromatic rings. The molecular weight excluding hydrogens is 250 g/mol.